The van der Waals surface area contributed by atoms with Gasteiger partial charge >= 0.3 is 5.97 Å². The van der Waals surface area contributed by atoms with Crippen molar-refractivity contribution in [3.05, 3.63) is 29.3 Å². The Morgan fingerprint density at radius 2 is 2.33 bits per heavy atom. The molecule has 1 N–H and O–H groups in total. The minimum atomic E-state index is -0.0822. The molecule has 18 heavy (non-hydrogen) atoms. The van der Waals surface area contributed by atoms with Crippen molar-refractivity contribution in [1.82, 2.24) is 0 Å². The summed E-state index contributed by atoms with van der Waals surface area (Å²) in [4.78, 5) is 12.0. The molecule has 1 aromatic rings. The first kappa shape index (κ1) is 11.6. The van der Waals surface area contributed by atoms with E-state index in [-0.39, 0.29) is 23.1 Å². The minimum absolute atomic E-state index is 0.0273. The zero-order valence-corrected chi connectivity index (χ0v) is 10.8. The van der Waals surface area contributed by atoms with Crippen molar-refractivity contribution in [3.63, 3.8) is 0 Å². The summed E-state index contributed by atoms with van der Waals surface area (Å²) in [6.45, 7) is 4.39. The van der Waals surface area contributed by atoms with Crippen LogP contribution in [0, 0.1) is 11.8 Å². The summed E-state index contributed by atoms with van der Waals surface area (Å²) >= 11 is 0. The van der Waals surface area contributed by atoms with E-state index in [1.54, 1.807) is 6.07 Å². The van der Waals surface area contributed by atoms with Crippen LogP contribution in [-0.4, -0.2) is 17.7 Å². The number of phenolic OH excluding ortho intramolecular Hbond substituents is 1. The number of carbonyl (C=O) groups excluding carboxylic acids is 1. The van der Waals surface area contributed by atoms with Gasteiger partial charge in [0.15, 0.2) is 0 Å². The molecule has 96 valence electrons. The standard InChI is InChI=1S/C15H18O3/c1-3-18-14(17)13-9(2)15(13)7-6-10-4-5-11(16)8-12(10)15/h4-5,8-9,13,16H,3,6-7H2,1-2H3/t9?,13-,15-/m0/s1. The van der Waals surface area contributed by atoms with Gasteiger partial charge in [-0.05, 0) is 48.9 Å². The Morgan fingerprint density at radius 3 is 3.06 bits per heavy atom. The summed E-state index contributed by atoms with van der Waals surface area (Å²) < 4.78 is 5.17. The molecule has 1 aromatic carbocycles. The Hall–Kier alpha value is -1.51. The number of fused-ring (bicyclic) bond motifs is 2. The molecule has 0 aliphatic heterocycles. The van der Waals surface area contributed by atoms with Crippen LogP contribution in [-0.2, 0) is 21.4 Å². The van der Waals surface area contributed by atoms with E-state index in [0.29, 0.717) is 12.5 Å². The molecule has 0 saturated heterocycles. The Bertz CT molecular complexity index is 508. The van der Waals surface area contributed by atoms with Gasteiger partial charge < -0.3 is 9.84 Å². The van der Waals surface area contributed by atoms with Crippen LogP contribution >= 0.6 is 0 Å². The molecule has 3 heteroatoms. The second kappa shape index (κ2) is 3.74. The summed E-state index contributed by atoms with van der Waals surface area (Å²) in [5.74, 6) is 0.498. The molecule has 3 rings (SSSR count). The van der Waals surface area contributed by atoms with Gasteiger partial charge in [-0.3, -0.25) is 4.79 Å². The van der Waals surface area contributed by atoms with Crippen LogP contribution in [0.5, 0.6) is 5.75 Å². The molecule has 1 fully saturated rings. The molecule has 1 spiro atoms. The maximum atomic E-state index is 12.0. The monoisotopic (exact) mass is 246 g/mol. The first-order valence-electron chi connectivity index (χ1n) is 6.60. The van der Waals surface area contributed by atoms with E-state index in [4.69, 9.17) is 4.74 Å². The maximum absolute atomic E-state index is 12.0. The van der Waals surface area contributed by atoms with Gasteiger partial charge in [-0.15, -0.1) is 0 Å². The highest BCUT2D eigenvalue weighted by atomic mass is 16.5. The Labute approximate surface area is 107 Å². The zero-order chi connectivity index (χ0) is 12.9. The third-order valence-electron chi connectivity index (χ3n) is 4.70. The fourth-order valence-corrected chi connectivity index (χ4v) is 3.76. The maximum Gasteiger partial charge on any atom is 0.310 e. The van der Waals surface area contributed by atoms with Gasteiger partial charge in [-0.2, -0.15) is 0 Å². The summed E-state index contributed by atoms with van der Waals surface area (Å²) in [6, 6.07) is 5.54. The predicted molar refractivity (Wildman–Crippen MR) is 67.4 cm³/mol. The Morgan fingerprint density at radius 1 is 1.56 bits per heavy atom. The second-order valence-electron chi connectivity index (χ2n) is 5.40. The SMILES string of the molecule is CCOC(=O)[C@@H]1C(C)[C@]12CCc1ccc(O)cc12. The van der Waals surface area contributed by atoms with Crippen molar-refractivity contribution < 1.29 is 14.6 Å². The van der Waals surface area contributed by atoms with Gasteiger partial charge in [0.1, 0.15) is 5.75 Å². The summed E-state index contributed by atoms with van der Waals surface area (Å²) in [5, 5.41) is 9.65. The normalized spacial score (nSPS) is 32.3. The molecule has 1 unspecified atom stereocenters. The number of hydrogen-bond donors (Lipinski definition) is 1. The van der Waals surface area contributed by atoms with Gasteiger partial charge in [0.05, 0.1) is 12.5 Å². The molecule has 2 aliphatic rings. The fourth-order valence-electron chi connectivity index (χ4n) is 3.76. The van der Waals surface area contributed by atoms with Crippen molar-refractivity contribution in [2.24, 2.45) is 11.8 Å². The lowest BCUT2D eigenvalue weighted by Gasteiger charge is -2.11. The number of ether oxygens (including phenoxy) is 1. The molecule has 0 heterocycles. The van der Waals surface area contributed by atoms with E-state index >= 15 is 0 Å². The molecule has 1 saturated carbocycles. The average Bonchev–Trinajstić information content (AvgIpc) is 2.75. The van der Waals surface area contributed by atoms with Crippen molar-refractivity contribution in [1.29, 1.82) is 0 Å². The molecule has 0 radical (unpaired) electrons. The molecule has 0 amide bonds. The highest BCUT2D eigenvalue weighted by Crippen LogP contribution is 2.66. The van der Waals surface area contributed by atoms with Crippen LogP contribution < -0.4 is 0 Å². The third-order valence-corrected chi connectivity index (χ3v) is 4.70. The number of aromatic hydroxyl groups is 1. The van der Waals surface area contributed by atoms with Gasteiger partial charge in [0.25, 0.3) is 0 Å². The summed E-state index contributed by atoms with van der Waals surface area (Å²) in [7, 11) is 0. The Balaban J connectivity index is 1.96. The first-order chi connectivity index (χ1) is 8.61. The molecule has 0 aromatic heterocycles. The zero-order valence-electron chi connectivity index (χ0n) is 10.8. The van der Waals surface area contributed by atoms with Gasteiger partial charge in [-0.25, -0.2) is 0 Å². The quantitative estimate of drug-likeness (QED) is 0.815. The lowest BCUT2D eigenvalue weighted by molar-refractivity contribution is -0.145. The van der Waals surface area contributed by atoms with Crippen molar-refractivity contribution in [3.8, 4) is 5.75 Å². The van der Waals surface area contributed by atoms with Crippen molar-refractivity contribution >= 4 is 5.97 Å². The number of rotatable bonds is 2. The second-order valence-corrected chi connectivity index (χ2v) is 5.40. The smallest absolute Gasteiger partial charge is 0.310 e. The van der Waals surface area contributed by atoms with E-state index in [0.717, 1.165) is 18.4 Å². The molecule has 3 atom stereocenters. The van der Waals surface area contributed by atoms with Gasteiger partial charge in [-0.1, -0.05) is 13.0 Å². The number of phenols is 1. The summed E-state index contributed by atoms with van der Waals surface area (Å²) in [5.41, 5.74) is 2.36. The first-order valence-corrected chi connectivity index (χ1v) is 6.60. The molecule has 2 aliphatic carbocycles. The van der Waals surface area contributed by atoms with Gasteiger partial charge in [0.2, 0.25) is 0 Å². The van der Waals surface area contributed by atoms with E-state index < -0.39 is 0 Å². The Kier molecular flexibility index (Phi) is 2.40. The third kappa shape index (κ3) is 1.33. The average molecular weight is 246 g/mol. The van der Waals surface area contributed by atoms with Crippen LogP contribution in [0.1, 0.15) is 31.4 Å². The van der Waals surface area contributed by atoms with Crippen molar-refractivity contribution in [2.45, 2.75) is 32.1 Å². The highest BCUT2D eigenvalue weighted by Gasteiger charge is 2.68. The minimum Gasteiger partial charge on any atom is -0.508 e. The van der Waals surface area contributed by atoms with Crippen LogP contribution in [0.3, 0.4) is 0 Å². The van der Waals surface area contributed by atoms with Gasteiger partial charge in [0, 0.05) is 5.41 Å². The molecular formula is C15H18O3. The topological polar surface area (TPSA) is 46.5 Å². The van der Waals surface area contributed by atoms with E-state index in [1.807, 2.05) is 19.1 Å². The van der Waals surface area contributed by atoms with Crippen LogP contribution in [0.4, 0.5) is 0 Å². The number of carbonyl (C=O) groups is 1. The molecular weight excluding hydrogens is 228 g/mol. The number of benzene rings is 1. The summed E-state index contributed by atoms with van der Waals surface area (Å²) in [6.07, 6.45) is 1.99. The van der Waals surface area contributed by atoms with Crippen LogP contribution in [0.2, 0.25) is 0 Å². The predicted octanol–water partition coefficient (Wildman–Crippen LogP) is 2.41. The number of aryl methyl sites for hydroxylation is 1. The van der Waals surface area contributed by atoms with E-state index in [9.17, 15) is 9.90 Å². The number of esters is 1. The lowest BCUT2D eigenvalue weighted by atomic mass is 9.93. The largest absolute Gasteiger partial charge is 0.508 e. The lowest BCUT2D eigenvalue weighted by Crippen LogP contribution is -2.15. The van der Waals surface area contributed by atoms with E-state index in [1.165, 1.54) is 5.56 Å². The van der Waals surface area contributed by atoms with Crippen molar-refractivity contribution in [2.75, 3.05) is 6.61 Å². The molecule has 0 bridgehead atoms. The molecule has 3 nitrogen and oxygen atoms in total. The number of hydrogen-bond acceptors (Lipinski definition) is 3. The highest BCUT2D eigenvalue weighted by molar-refractivity contribution is 5.81. The van der Waals surface area contributed by atoms with Crippen LogP contribution in [0.25, 0.3) is 0 Å². The van der Waals surface area contributed by atoms with E-state index in [2.05, 4.69) is 6.92 Å². The van der Waals surface area contributed by atoms with Crippen LogP contribution in [0.15, 0.2) is 18.2 Å². The fraction of sp³-hybridized carbons (Fsp3) is 0.533.